The summed E-state index contributed by atoms with van der Waals surface area (Å²) in [6, 6.07) is 4.40. The van der Waals surface area contributed by atoms with Crippen LogP contribution >= 0.6 is 0 Å². The molecule has 0 spiro atoms. The highest BCUT2D eigenvalue weighted by atomic mass is 19.1. The summed E-state index contributed by atoms with van der Waals surface area (Å²) in [5.74, 6) is -0.440. The van der Waals surface area contributed by atoms with E-state index in [4.69, 9.17) is 9.47 Å². The summed E-state index contributed by atoms with van der Waals surface area (Å²) < 4.78 is 26.5. The zero-order valence-corrected chi connectivity index (χ0v) is 14.6. The highest BCUT2D eigenvalue weighted by Gasteiger charge is 2.38. The molecule has 0 N–H and O–H groups in total. The standard InChI is InChI=1S/C18H22FN3O3/c1-21-8-12(7-20-21)14-10-22(9-13(14)11-24-2)18(23)17-15(19)5-4-6-16(17)25-3/h4-8,13-14H,9-11H2,1-3H3/t13-,14-/m0/s1. The number of likely N-dealkylation sites (tertiary alicyclic amines) is 1. The van der Waals surface area contributed by atoms with E-state index < -0.39 is 5.82 Å². The lowest BCUT2D eigenvalue weighted by Crippen LogP contribution is -2.30. The molecule has 1 aromatic heterocycles. The monoisotopic (exact) mass is 347 g/mol. The number of rotatable bonds is 5. The number of ether oxygens (including phenoxy) is 2. The first-order valence-corrected chi connectivity index (χ1v) is 8.14. The molecule has 0 saturated carbocycles. The van der Waals surface area contributed by atoms with Gasteiger partial charge in [-0.2, -0.15) is 5.10 Å². The van der Waals surface area contributed by atoms with Crippen molar-refractivity contribution in [1.29, 1.82) is 0 Å². The van der Waals surface area contributed by atoms with E-state index >= 15 is 0 Å². The van der Waals surface area contributed by atoms with Gasteiger partial charge in [-0.15, -0.1) is 0 Å². The number of aryl methyl sites for hydroxylation is 1. The van der Waals surface area contributed by atoms with E-state index in [1.54, 1.807) is 22.8 Å². The lowest BCUT2D eigenvalue weighted by molar-refractivity contribution is 0.0767. The van der Waals surface area contributed by atoms with Crippen LogP contribution in [0, 0.1) is 11.7 Å². The number of methoxy groups -OCH3 is 2. The number of halogens is 1. The first-order chi connectivity index (χ1) is 12.0. The molecule has 1 aliphatic rings. The highest BCUT2D eigenvalue weighted by Crippen LogP contribution is 2.34. The largest absolute Gasteiger partial charge is 0.496 e. The van der Waals surface area contributed by atoms with Crippen molar-refractivity contribution < 1.29 is 18.7 Å². The van der Waals surface area contributed by atoms with Gasteiger partial charge in [0, 0.05) is 45.3 Å². The molecule has 6 nitrogen and oxygen atoms in total. The van der Waals surface area contributed by atoms with Crippen LogP contribution in [0.4, 0.5) is 4.39 Å². The summed E-state index contributed by atoms with van der Waals surface area (Å²) in [4.78, 5) is 14.6. The summed E-state index contributed by atoms with van der Waals surface area (Å²) in [5, 5.41) is 4.22. The van der Waals surface area contributed by atoms with Gasteiger partial charge in [-0.25, -0.2) is 4.39 Å². The van der Waals surface area contributed by atoms with Crippen molar-refractivity contribution in [3.63, 3.8) is 0 Å². The number of carbonyl (C=O) groups excluding carboxylic acids is 1. The summed E-state index contributed by atoms with van der Waals surface area (Å²) in [7, 11) is 4.93. The van der Waals surface area contributed by atoms with Gasteiger partial charge in [-0.05, 0) is 17.7 Å². The third-order valence-electron chi connectivity index (χ3n) is 4.67. The summed E-state index contributed by atoms with van der Waals surface area (Å²) in [6.07, 6.45) is 3.76. The Labute approximate surface area is 146 Å². The van der Waals surface area contributed by atoms with E-state index in [0.717, 1.165) is 5.56 Å². The van der Waals surface area contributed by atoms with Crippen LogP contribution in [0.3, 0.4) is 0 Å². The molecule has 134 valence electrons. The van der Waals surface area contributed by atoms with E-state index in [9.17, 15) is 9.18 Å². The predicted molar refractivity (Wildman–Crippen MR) is 90.2 cm³/mol. The van der Waals surface area contributed by atoms with Crippen LogP contribution in [0.1, 0.15) is 21.8 Å². The number of nitrogens with zero attached hydrogens (tertiary/aromatic N) is 3. The van der Waals surface area contributed by atoms with E-state index in [-0.39, 0.29) is 29.1 Å². The highest BCUT2D eigenvalue weighted by molar-refractivity contribution is 5.97. The lowest BCUT2D eigenvalue weighted by Gasteiger charge is -2.18. The van der Waals surface area contributed by atoms with Gasteiger partial charge in [0.15, 0.2) is 0 Å². The molecule has 2 aromatic rings. The Morgan fingerprint density at radius 1 is 1.36 bits per heavy atom. The van der Waals surface area contributed by atoms with Crippen LogP contribution in [0.15, 0.2) is 30.6 Å². The minimum absolute atomic E-state index is 0.0204. The van der Waals surface area contributed by atoms with Crippen molar-refractivity contribution in [3.8, 4) is 5.75 Å². The molecule has 1 aliphatic heterocycles. The van der Waals surface area contributed by atoms with Crippen molar-refractivity contribution in [2.45, 2.75) is 5.92 Å². The molecule has 1 fully saturated rings. The molecule has 3 rings (SSSR count). The zero-order valence-electron chi connectivity index (χ0n) is 14.6. The Hall–Kier alpha value is -2.41. The Kier molecular flexibility index (Phi) is 5.03. The van der Waals surface area contributed by atoms with Crippen molar-refractivity contribution in [3.05, 3.63) is 47.5 Å². The average molecular weight is 347 g/mol. The number of aromatic nitrogens is 2. The molecule has 25 heavy (non-hydrogen) atoms. The molecule has 0 radical (unpaired) electrons. The second-order valence-electron chi connectivity index (χ2n) is 6.30. The Balaban J connectivity index is 1.87. The summed E-state index contributed by atoms with van der Waals surface area (Å²) >= 11 is 0. The van der Waals surface area contributed by atoms with Crippen molar-refractivity contribution in [1.82, 2.24) is 14.7 Å². The molecule has 7 heteroatoms. The SMILES string of the molecule is COC[C@@H]1CN(C(=O)c2c(F)cccc2OC)C[C@H]1c1cnn(C)c1. The normalized spacial score (nSPS) is 20.1. The molecule has 0 unspecified atom stereocenters. The van der Waals surface area contributed by atoms with E-state index in [2.05, 4.69) is 5.10 Å². The molecule has 1 aromatic carbocycles. The fourth-order valence-corrected chi connectivity index (χ4v) is 3.47. The lowest BCUT2D eigenvalue weighted by atomic mass is 9.92. The first kappa shape index (κ1) is 17.4. The molecular formula is C18H22FN3O3. The second-order valence-corrected chi connectivity index (χ2v) is 6.30. The Morgan fingerprint density at radius 3 is 2.80 bits per heavy atom. The summed E-state index contributed by atoms with van der Waals surface area (Å²) in [5.41, 5.74) is 1.04. The van der Waals surface area contributed by atoms with Crippen molar-refractivity contribution in [2.24, 2.45) is 13.0 Å². The number of hydrogen-bond acceptors (Lipinski definition) is 4. The van der Waals surface area contributed by atoms with Crippen molar-refractivity contribution >= 4 is 5.91 Å². The third-order valence-corrected chi connectivity index (χ3v) is 4.67. The van der Waals surface area contributed by atoms with E-state index in [1.807, 2.05) is 19.4 Å². The smallest absolute Gasteiger partial charge is 0.260 e. The van der Waals surface area contributed by atoms with Gasteiger partial charge < -0.3 is 14.4 Å². The fraction of sp³-hybridized carbons (Fsp3) is 0.444. The predicted octanol–water partition coefficient (Wildman–Crippen LogP) is 2.07. The molecule has 2 heterocycles. The molecule has 1 saturated heterocycles. The molecule has 0 aliphatic carbocycles. The molecular weight excluding hydrogens is 325 g/mol. The van der Waals surface area contributed by atoms with Crippen LogP contribution in [-0.2, 0) is 11.8 Å². The van der Waals surface area contributed by atoms with E-state index in [0.29, 0.717) is 19.7 Å². The molecule has 0 bridgehead atoms. The van der Waals surface area contributed by atoms with Crippen LogP contribution in [-0.4, -0.2) is 54.5 Å². The van der Waals surface area contributed by atoms with Gasteiger partial charge in [0.2, 0.25) is 0 Å². The topological polar surface area (TPSA) is 56.6 Å². The maximum absolute atomic E-state index is 14.2. The molecule has 2 atom stereocenters. The summed E-state index contributed by atoms with van der Waals surface area (Å²) in [6.45, 7) is 1.53. The zero-order chi connectivity index (χ0) is 18.0. The maximum Gasteiger partial charge on any atom is 0.260 e. The van der Waals surface area contributed by atoms with Crippen LogP contribution in [0.2, 0.25) is 0 Å². The minimum Gasteiger partial charge on any atom is -0.496 e. The Morgan fingerprint density at radius 2 is 2.16 bits per heavy atom. The van der Waals surface area contributed by atoms with E-state index in [1.165, 1.54) is 19.2 Å². The van der Waals surface area contributed by atoms with Gasteiger partial charge >= 0.3 is 0 Å². The average Bonchev–Trinajstić information content (AvgIpc) is 3.20. The second kappa shape index (κ2) is 7.23. The van der Waals surface area contributed by atoms with Gasteiger partial charge in [0.1, 0.15) is 17.1 Å². The number of carbonyl (C=O) groups is 1. The van der Waals surface area contributed by atoms with Gasteiger partial charge in [0.05, 0.1) is 19.9 Å². The van der Waals surface area contributed by atoms with Crippen LogP contribution in [0.25, 0.3) is 0 Å². The van der Waals surface area contributed by atoms with Gasteiger partial charge in [-0.3, -0.25) is 9.48 Å². The minimum atomic E-state index is -0.572. The third kappa shape index (κ3) is 3.37. The first-order valence-electron chi connectivity index (χ1n) is 8.14. The van der Waals surface area contributed by atoms with Gasteiger partial charge in [0.25, 0.3) is 5.91 Å². The van der Waals surface area contributed by atoms with Crippen LogP contribution in [0.5, 0.6) is 5.75 Å². The maximum atomic E-state index is 14.2. The molecule has 1 amide bonds. The number of benzene rings is 1. The van der Waals surface area contributed by atoms with Crippen molar-refractivity contribution in [2.75, 3.05) is 33.9 Å². The number of hydrogen-bond donors (Lipinski definition) is 0. The van der Waals surface area contributed by atoms with Gasteiger partial charge in [-0.1, -0.05) is 6.07 Å². The number of amides is 1. The quantitative estimate of drug-likeness (QED) is 0.831. The van der Waals surface area contributed by atoms with Crippen LogP contribution < -0.4 is 4.74 Å². The fourth-order valence-electron chi connectivity index (χ4n) is 3.47. The Bertz CT molecular complexity index is 762.